The van der Waals surface area contributed by atoms with Gasteiger partial charge in [-0.25, -0.2) is 4.39 Å². The van der Waals surface area contributed by atoms with E-state index < -0.39 is 5.82 Å². The molecule has 1 heterocycles. The van der Waals surface area contributed by atoms with Gasteiger partial charge >= 0.3 is 0 Å². The average molecular weight is 330 g/mol. The van der Waals surface area contributed by atoms with Crippen LogP contribution in [0.3, 0.4) is 0 Å². The quantitative estimate of drug-likeness (QED) is 0.798. The van der Waals surface area contributed by atoms with Gasteiger partial charge in [0.25, 0.3) is 0 Å². The number of aliphatic hydroxyl groups is 1. The Morgan fingerprint density at radius 2 is 2.17 bits per heavy atom. The number of hydrogen-bond donors (Lipinski definition) is 2. The van der Waals surface area contributed by atoms with Gasteiger partial charge in [-0.05, 0) is 41.8 Å². The van der Waals surface area contributed by atoms with E-state index in [1.807, 2.05) is 17.8 Å². The Hall–Kier alpha value is -2.47. The van der Waals surface area contributed by atoms with Crippen LogP contribution >= 0.6 is 0 Å². The van der Waals surface area contributed by atoms with Crippen LogP contribution in [0.4, 0.5) is 4.39 Å². The number of halogens is 1. The van der Waals surface area contributed by atoms with Crippen molar-refractivity contribution in [3.8, 4) is 0 Å². The number of aromatic nitrogens is 2. The van der Waals surface area contributed by atoms with E-state index in [0.29, 0.717) is 23.2 Å². The molecule has 0 radical (unpaired) electrons. The van der Waals surface area contributed by atoms with E-state index >= 15 is 0 Å². The van der Waals surface area contributed by atoms with Gasteiger partial charge < -0.3 is 10.8 Å². The third kappa shape index (κ3) is 3.89. The van der Waals surface area contributed by atoms with Crippen molar-refractivity contribution >= 4 is 11.9 Å². The van der Waals surface area contributed by atoms with Gasteiger partial charge in [-0.1, -0.05) is 6.92 Å². The molecule has 128 valence electrons. The minimum absolute atomic E-state index is 0.282. The number of nitrogens with zero attached hydrogens (tertiary/aromatic N) is 3. The molecule has 0 spiro atoms. The number of benzene rings is 1. The summed E-state index contributed by atoms with van der Waals surface area (Å²) in [5.41, 5.74) is 10.7. The van der Waals surface area contributed by atoms with Crippen molar-refractivity contribution in [2.45, 2.75) is 26.4 Å². The summed E-state index contributed by atoms with van der Waals surface area (Å²) < 4.78 is 15.2. The number of aliphatic imine (C=N–C) groups is 1. The first-order valence-corrected chi connectivity index (χ1v) is 7.82. The number of aryl methyl sites for hydroxylation is 2. The molecule has 0 aliphatic carbocycles. The van der Waals surface area contributed by atoms with Gasteiger partial charge in [-0.2, -0.15) is 5.10 Å². The van der Waals surface area contributed by atoms with Crippen molar-refractivity contribution in [1.82, 2.24) is 9.78 Å². The Kier molecular flexibility index (Phi) is 5.87. The van der Waals surface area contributed by atoms with Crippen molar-refractivity contribution in [1.29, 1.82) is 0 Å². The van der Waals surface area contributed by atoms with Crippen LogP contribution in [-0.4, -0.2) is 28.1 Å². The van der Waals surface area contributed by atoms with Gasteiger partial charge in [0.05, 0.1) is 12.3 Å². The van der Waals surface area contributed by atoms with E-state index in [1.54, 1.807) is 19.3 Å². The summed E-state index contributed by atoms with van der Waals surface area (Å²) in [5, 5.41) is 13.9. The summed E-state index contributed by atoms with van der Waals surface area (Å²) in [6, 6.07) is 6.25. The average Bonchev–Trinajstić information content (AvgIpc) is 2.93. The minimum atomic E-state index is -0.402. The van der Waals surface area contributed by atoms with Gasteiger partial charge in [-0.3, -0.25) is 9.67 Å². The lowest BCUT2D eigenvalue weighted by Gasteiger charge is -2.12. The van der Waals surface area contributed by atoms with E-state index in [-0.39, 0.29) is 6.61 Å². The van der Waals surface area contributed by atoms with Crippen molar-refractivity contribution in [3.05, 3.63) is 58.2 Å². The fourth-order valence-corrected chi connectivity index (χ4v) is 2.60. The number of aliphatic hydroxyl groups excluding tert-OH is 1. The smallest absolute Gasteiger partial charge is 0.123 e. The van der Waals surface area contributed by atoms with Crippen molar-refractivity contribution < 1.29 is 9.50 Å². The van der Waals surface area contributed by atoms with Gasteiger partial charge in [0.2, 0.25) is 0 Å². The molecule has 0 amide bonds. The molecule has 0 bridgehead atoms. The molecule has 6 heteroatoms. The Balaban J connectivity index is 2.48. The van der Waals surface area contributed by atoms with E-state index in [9.17, 15) is 9.50 Å². The molecule has 0 atom stereocenters. The number of nitrogens with two attached hydrogens (primary N) is 1. The van der Waals surface area contributed by atoms with Crippen LogP contribution in [0.5, 0.6) is 0 Å². The van der Waals surface area contributed by atoms with E-state index in [0.717, 1.165) is 23.4 Å². The van der Waals surface area contributed by atoms with Gasteiger partial charge in [-0.15, -0.1) is 0 Å². The summed E-state index contributed by atoms with van der Waals surface area (Å²) in [6.07, 6.45) is 3.10. The molecule has 0 unspecified atom stereocenters. The first-order chi connectivity index (χ1) is 11.5. The maximum atomic E-state index is 13.4. The topological polar surface area (TPSA) is 76.4 Å². The molecule has 24 heavy (non-hydrogen) atoms. The maximum Gasteiger partial charge on any atom is 0.123 e. The second-order valence-electron chi connectivity index (χ2n) is 5.57. The van der Waals surface area contributed by atoms with Crippen LogP contribution in [0, 0.1) is 5.82 Å². The second kappa shape index (κ2) is 7.88. The SMILES string of the molecule is CCc1cc(CC(C=NC)=C(N)c2ccc(F)cc2CO)n(C)n1. The highest BCUT2D eigenvalue weighted by molar-refractivity contribution is 5.91. The Morgan fingerprint density at radius 1 is 1.42 bits per heavy atom. The molecule has 2 aromatic rings. The van der Waals surface area contributed by atoms with E-state index in [2.05, 4.69) is 17.0 Å². The molecule has 1 aromatic heterocycles. The molecule has 0 saturated carbocycles. The molecular weight excluding hydrogens is 307 g/mol. The number of hydrogen-bond acceptors (Lipinski definition) is 4. The highest BCUT2D eigenvalue weighted by atomic mass is 19.1. The molecule has 0 aliphatic heterocycles. The summed E-state index contributed by atoms with van der Waals surface area (Å²) in [5.74, 6) is -0.402. The summed E-state index contributed by atoms with van der Waals surface area (Å²) in [4.78, 5) is 4.08. The monoisotopic (exact) mass is 330 g/mol. The third-order valence-electron chi connectivity index (χ3n) is 3.92. The summed E-state index contributed by atoms with van der Waals surface area (Å²) >= 11 is 0. The molecule has 0 saturated heterocycles. The fraction of sp³-hybridized carbons (Fsp3) is 0.333. The van der Waals surface area contributed by atoms with Crippen LogP contribution in [-0.2, 0) is 26.5 Å². The predicted octanol–water partition coefficient (Wildman–Crippen LogP) is 2.23. The molecule has 1 aromatic carbocycles. The highest BCUT2D eigenvalue weighted by Gasteiger charge is 2.13. The van der Waals surface area contributed by atoms with Gasteiger partial charge in [0.1, 0.15) is 5.82 Å². The lowest BCUT2D eigenvalue weighted by molar-refractivity contribution is 0.281. The van der Waals surface area contributed by atoms with Crippen molar-refractivity contribution in [2.75, 3.05) is 7.05 Å². The molecule has 2 rings (SSSR count). The maximum absolute atomic E-state index is 13.4. The minimum Gasteiger partial charge on any atom is -0.398 e. The third-order valence-corrected chi connectivity index (χ3v) is 3.92. The largest absolute Gasteiger partial charge is 0.398 e. The zero-order valence-electron chi connectivity index (χ0n) is 14.3. The van der Waals surface area contributed by atoms with Crippen molar-refractivity contribution in [3.63, 3.8) is 0 Å². The van der Waals surface area contributed by atoms with Crippen LogP contribution in [0.2, 0.25) is 0 Å². The Morgan fingerprint density at radius 3 is 2.75 bits per heavy atom. The zero-order chi connectivity index (χ0) is 17.7. The molecule has 0 aliphatic rings. The second-order valence-corrected chi connectivity index (χ2v) is 5.57. The Labute approximate surface area is 141 Å². The predicted molar refractivity (Wildman–Crippen MR) is 94.1 cm³/mol. The molecule has 0 fully saturated rings. The van der Waals surface area contributed by atoms with Crippen LogP contribution in [0.15, 0.2) is 34.8 Å². The van der Waals surface area contributed by atoms with Crippen LogP contribution < -0.4 is 5.73 Å². The first kappa shape index (κ1) is 17.9. The number of rotatable bonds is 6. The van der Waals surface area contributed by atoms with Crippen molar-refractivity contribution in [2.24, 2.45) is 17.8 Å². The summed E-state index contributed by atoms with van der Waals surface area (Å²) in [6.45, 7) is 1.77. The van der Waals surface area contributed by atoms with Crippen LogP contribution in [0.25, 0.3) is 5.70 Å². The molecule has 5 nitrogen and oxygen atoms in total. The highest BCUT2D eigenvalue weighted by Crippen LogP contribution is 2.22. The van der Waals surface area contributed by atoms with E-state index in [1.165, 1.54) is 12.1 Å². The first-order valence-electron chi connectivity index (χ1n) is 7.82. The lowest BCUT2D eigenvalue weighted by atomic mass is 9.99. The zero-order valence-corrected chi connectivity index (χ0v) is 14.3. The van der Waals surface area contributed by atoms with Crippen LogP contribution in [0.1, 0.15) is 29.4 Å². The summed E-state index contributed by atoms with van der Waals surface area (Å²) in [7, 11) is 3.56. The lowest BCUT2D eigenvalue weighted by Crippen LogP contribution is -2.10. The van der Waals surface area contributed by atoms with E-state index in [4.69, 9.17) is 5.73 Å². The molecule has 3 N–H and O–H groups in total. The van der Waals surface area contributed by atoms with Gasteiger partial charge in [0, 0.05) is 43.7 Å². The molecular formula is C18H23FN4O. The fourth-order valence-electron chi connectivity index (χ4n) is 2.60. The van der Waals surface area contributed by atoms with Gasteiger partial charge in [0.15, 0.2) is 0 Å². The normalized spacial score (nSPS) is 12.7. The Bertz CT molecular complexity index is 777. The number of allylic oxidation sites excluding steroid dienone is 1. The standard InChI is InChI=1S/C18H23FN4O/c1-4-15-9-16(23(3)22-15)8-12(10-21-2)18(20)17-6-5-14(19)7-13(17)11-24/h5-7,9-10,24H,4,8,11,20H2,1-3H3.